The summed E-state index contributed by atoms with van der Waals surface area (Å²) >= 11 is 1.54. The van der Waals surface area contributed by atoms with Crippen molar-refractivity contribution >= 4 is 35.2 Å². The zero-order valence-electron chi connectivity index (χ0n) is 17.0. The lowest BCUT2D eigenvalue weighted by Gasteiger charge is -2.13. The van der Waals surface area contributed by atoms with E-state index in [2.05, 4.69) is 21.3 Å². The Morgan fingerprint density at radius 3 is 2.48 bits per heavy atom. The number of unbranched alkanes of at least 4 members (excludes halogenated alkanes) is 3. The van der Waals surface area contributed by atoms with Gasteiger partial charge in [-0.3, -0.25) is 14.4 Å². The summed E-state index contributed by atoms with van der Waals surface area (Å²) in [6.45, 7) is 5.07. The second kappa shape index (κ2) is 12.2. The number of fused-ring (bicyclic) bond motifs is 1. The zero-order valence-corrected chi connectivity index (χ0v) is 17.8. The van der Waals surface area contributed by atoms with Crippen molar-refractivity contribution in [2.45, 2.75) is 56.3 Å². The van der Waals surface area contributed by atoms with Crippen LogP contribution < -0.4 is 26.0 Å². The highest BCUT2D eigenvalue weighted by Gasteiger charge is 2.24. The summed E-state index contributed by atoms with van der Waals surface area (Å²) in [4.78, 5) is 35.4. The largest absolute Gasteiger partial charge is 0.491 e. The lowest BCUT2D eigenvalue weighted by molar-refractivity contribution is -0.139. The molecule has 4 N–H and O–H groups in total. The summed E-state index contributed by atoms with van der Waals surface area (Å²) in [5.41, 5.74) is 0.715. The van der Waals surface area contributed by atoms with Crippen LogP contribution in [0.3, 0.4) is 0 Å². The SMILES string of the molecule is CCCCNC(=O)C(=O)NCCCCCOc1cccc2c1NC(NC(C)=O)S2. The van der Waals surface area contributed by atoms with Crippen LogP contribution in [0.2, 0.25) is 0 Å². The molecule has 1 aliphatic heterocycles. The first-order chi connectivity index (χ1) is 14.0. The molecular formula is C20H30N4O4S. The van der Waals surface area contributed by atoms with Crippen molar-refractivity contribution in [3.63, 3.8) is 0 Å². The summed E-state index contributed by atoms with van der Waals surface area (Å²) in [6.07, 6.45) is 4.34. The van der Waals surface area contributed by atoms with Crippen LogP contribution >= 0.6 is 11.8 Å². The van der Waals surface area contributed by atoms with Gasteiger partial charge in [-0.25, -0.2) is 0 Å². The molecule has 160 valence electrons. The van der Waals surface area contributed by atoms with Crippen molar-refractivity contribution in [2.75, 3.05) is 25.0 Å². The average molecular weight is 423 g/mol. The predicted molar refractivity (Wildman–Crippen MR) is 114 cm³/mol. The van der Waals surface area contributed by atoms with E-state index >= 15 is 0 Å². The third kappa shape index (κ3) is 7.84. The molecule has 1 atom stereocenters. The Kier molecular flexibility index (Phi) is 9.63. The fraction of sp³-hybridized carbons (Fsp3) is 0.550. The maximum absolute atomic E-state index is 11.6. The van der Waals surface area contributed by atoms with Crippen molar-refractivity contribution in [3.8, 4) is 5.75 Å². The van der Waals surface area contributed by atoms with Gasteiger partial charge in [0.2, 0.25) is 5.91 Å². The fourth-order valence-electron chi connectivity index (χ4n) is 2.74. The highest BCUT2D eigenvalue weighted by atomic mass is 32.2. The molecule has 2 rings (SSSR count). The summed E-state index contributed by atoms with van der Waals surface area (Å²) < 4.78 is 5.88. The van der Waals surface area contributed by atoms with Crippen molar-refractivity contribution in [3.05, 3.63) is 18.2 Å². The highest BCUT2D eigenvalue weighted by molar-refractivity contribution is 8.00. The fourth-order valence-corrected chi connectivity index (χ4v) is 3.83. The Labute approximate surface area is 175 Å². The average Bonchev–Trinajstić information content (AvgIpc) is 3.09. The maximum Gasteiger partial charge on any atom is 0.309 e. The molecule has 0 saturated heterocycles. The first kappa shape index (κ1) is 22.9. The summed E-state index contributed by atoms with van der Waals surface area (Å²) in [6, 6.07) is 5.82. The quantitative estimate of drug-likeness (QED) is 0.322. The minimum Gasteiger partial charge on any atom is -0.491 e. The van der Waals surface area contributed by atoms with Gasteiger partial charge in [0.15, 0.2) is 5.50 Å². The zero-order chi connectivity index (χ0) is 21.1. The summed E-state index contributed by atoms with van der Waals surface area (Å²) in [5.74, 6) is -0.465. The van der Waals surface area contributed by atoms with E-state index in [-0.39, 0.29) is 11.4 Å². The Balaban J connectivity index is 1.60. The molecule has 1 unspecified atom stereocenters. The molecule has 0 fully saturated rings. The molecule has 1 heterocycles. The minimum atomic E-state index is -0.575. The van der Waals surface area contributed by atoms with Gasteiger partial charge in [-0.2, -0.15) is 0 Å². The molecule has 0 aliphatic carbocycles. The number of benzene rings is 1. The third-order valence-corrected chi connectivity index (χ3v) is 5.29. The highest BCUT2D eigenvalue weighted by Crippen LogP contribution is 2.43. The van der Waals surface area contributed by atoms with Crippen LogP contribution in [-0.2, 0) is 14.4 Å². The maximum atomic E-state index is 11.6. The van der Waals surface area contributed by atoms with Gasteiger partial charge in [0.25, 0.3) is 0 Å². The molecule has 8 nitrogen and oxygen atoms in total. The Morgan fingerprint density at radius 2 is 1.79 bits per heavy atom. The van der Waals surface area contributed by atoms with Crippen LogP contribution in [0.1, 0.15) is 46.0 Å². The number of hydrogen-bond acceptors (Lipinski definition) is 6. The van der Waals surface area contributed by atoms with Gasteiger partial charge in [0.1, 0.15) is 5.75 Å². The number of nitrogens with one attached hydrogen (secondary N) is 4. The number of amides is 3. The molecule has 1 aliphatic rings. The number of hydrogen-bond donors (Lipinski definition) is 4. The van der Waals surface area contributed by atoms with Gasteiger partial charge in [-0.05, 0) is 37.8 Å². The third-order valence-electron chi connectivity index (χ3n) is 4.23. The van der Waals surface area contributed by atoms with E-state index in [1.807, 2.05) is 25.1 Å². The van der Waals surface area contributed by atoms with Gasteiger partial charge in [-0.1, -0.05) is 31.2 Å². The smallest absolute Gasteiger partial charge is 0.309 e. The first-order valence-electron chi connectivity index (χ1n) is 10.0. The van der Waals surface area contributed by atoms with Gasteiger partial charge >= 0.3 is 11.8 Å². The topological polar surface area (TPSA) is 109 Å². The molecule has 3 amide bonds. The van der Waals surface area contributed by atoms with E-state index in [1.165, 1.54) is 6.92 Å². The van der Waals surface area contributed by atoms with Crippen LogP contribution in [-0.4, -0.2) is 42.9 Å². The molecule has 0 aromatic heterocycles. The Morgan fingerprint density at radius 1 is 1.07 bits per heavy atom. The molecule has 1 aromatic rings. The number of ether oxygens (including phenoxy) is 1. The molecule has 0 radical (unpaired) electrons. The number of carbonyl (C=O) groups is 3. The second-order valence-electron chi connectivity index (χ2n) is 6.75. The number of anilines is 1. The van der Waals surface area contributed by atoms with Gasteiger partial charge in [0, 0.05) is 24.9 Å². The molecule has 0 saturated carbocycles. The van der Waals surface area contributed by atoms with Crippen LogP contribution in [0, 0.1) is 0 Å². The molecule has 0 spiro atoms. The van der Waals surface area contributed by atoms with E-state index in [1.54, 1.807) is 11.8 Å². The van der Waals surface area contributed by atoms with E-state index in [4.69, 9.17) is 4.74 Å². The predicted octanol–water partition coefficient (Wildman–Crippen LogP) is 2.21. The van der Waals surface area contributed by atoms with Crippen LogP contribution in [0.5, 0.6) is 5.75 Å². The molecule has 1 aromatic carbocycles. The van der Waals surface area contributed by atoms with Gasteiger partial charge < -0.3 is 26.0 Å². The first-order valence-corrected chi connectivity index (χ1v) is 10.9. The molecule has 9 heteroatoms. The summed E-state index contributed by atoms with van der Waals surface area (Å²) in [7, 11) is 0. The van der Waals surface area contributed by atoms with Gasteiger partial charge in [-0.15, -0.1) is 0 Å². The molecular weight excluding hydrogens is 392 g/mol. The molecule has 29 heavy (non-hydrogen) atoms. The Hall–Kier alpha value is -2.42. The lowest BCUT2D eigenvalue weighted by Crippen LogP contribution is -2.40. The van der Waals surface area contributed by atoms with E-state index in [0.29, 0.717) is 19.7 Å². The van der Waals surface area contributed by atoms with Crippen molar-refractivity contribution in [1.29, 1.82) is 0 Å². The van der Waals surface area contributed by atoms with E-state index < -0.39 is 11.8 Å². The summed E-state index contributed by atoms with van der Waals surface area (Å²) in [5, 5.41) is 11.3. The lowest BCUT2D eigenvalue weighted by atomic mass is 10.2. The Bertz CT molecular complexity index is 714. The number of thioether (sulfide) groups is 1. The van der Waals surface area contributed by atoms with Crippen LogP contribution in [0.4, 0.5) is 5.69 Å². The number of para-hydroxylation sites is 1. The number of rotatable bonds is 11. The standard InChI is InChI=1S/C20H30N4O4S/c1-3-4-11-21-18(26)19(27)22-12-6-5-7-13-28-15-9-8-10-16-17(15)24-20(29-16)23-14(2)25/h8-10,20,24H,3-7,11-13H2,1-2H3,(H,21,26)(H,22,27)(H,23,25). The van der Waals surface area contributed by atoms with Crippen molar-refractivity contribution in [1.82, 2.24) is 16.0 Å². The normalized spacial score (nSPS) is 14.5. The molecule has 0 bridgehead atoms. The van der Waals surface area contributed by atoms with Crippen molar-refractivity contribution < 1.29 is 19.1 Å². The monoisotopic (exact) mass is 422 g/mol. The second-order valence-corrected chi connectivity index (χ2v) is 7.89. The van der Waals surface area contributed by atoms with E-state index in [0.717, 1.165) is 48.4 Å². The number of carbonyl (C=O) groups excluding carboxylic acids is 3. The van der Waals surface area contributed by atoms with E-state index in [9.17, 15) is 14.4 Å². The van der Waals surface area contributed by atoms with Crippen LogP contribution in [0.15, 0.2) is 23.1 Å². The van der Waals surface area contributed by atoms with Crippen molar-refractivity contribution in [2.24, 2.45) is 0 Å². The van der Waals surface area contributed by atoms with Crippen LogP contribution in [0.25, 0.3) is 0 Å². The van der Waals surface area contributed by atoms with Gasteiger partial charge in [0.05, 0.1) is 12.3 Å². The minimum absolute atomic E-state index is 0.0872.